The number of allylic oxidation sites excluding steroid dienone is 1. The van der Waals surface area contributed by atoms with Crippen LogP contribution in [0.15, 0.2) is 11.8 Å². The molecule has 20 heavy (non-hydrogen) atoms. The van der Waals surface area contributed by atoms with E-state index in [9.17, 15) is 0 Å². The van der Waals surface area contributed by atoms with Gasteiger partial charge in [0.25, 0.3) is 0 Å². The summed E-state index contributed by atoms with van der Waals surface area (Å²) in [6.45, 7) is 9.03. The Kier molecular flexibility index (Phi) is 6.41. The molecule has 116 valence electrons. The van der Waals surface area contributed by atoms with Crippen molar-refractivity contribution in [3.63, 3.8) is 0 Å². The maximum absolute atomic E-state index is 5.96. The summed E-state index contributed by atoms with van der Waals surface area (Å²) in [5.41, 5.74) is 0. The first-order chi connectivity index (χ1) is 9.72. The van der Waals surface area contributed by atoms with E-state index in [1.54, 1.807) is 0 Å². The van der Waals surface area contributed by atoms with E-state index in [-0.39, 0.29) is 0 Å². The van der Waals surface area contributed by atoms with Gasteiger partial charge in [0.05, 0.1) is 12.6 Å². The largest absolute Gasteiger partial charge is 0.497 e. The summed E-state index contributed by atoms with van der Waals surface area (Å²) in [7, 11) is 0. The maximum atomic E-state index is 5.96. The third-order valence-corrected chi connectivity index (χ3v) is 5.11. The van der Waals surface area contributed by atoms with Crippen LogP contribution in [0.4, 0.5) is 0 Å². The molecule has 2 rings (SSSR count). The highest BCUT2D eigenvalue weighted by molar-refractivity contribution is 5.08. The monoisotopic (exact) mass is 279 g/mol. The van der Waals surface area contributed by atoms with Crippen LogP contribution in [0.1, 0.15) is 65.7 Å². The Bertz CT molecular complexity index is 303. The van der Waals surface area contributed by atoms with Crippen LogP contribution in [-0.4, -0.2) is 19.2 Å². The molecule has 0 aromatic carbocycles. The summed E-state index contributed by atoms with van der Waals surface area (Å²) >= 11 is 0. The number of nitrogens with one attached hydrogen (secondary N) is 1. The van der Waals surface area contributed by atoms with Crippen LogP contribution in [0.5, 0.6) is 0 Å². The van der Waals surface area contributed by atoms with Crippen LogP contribution in [0.3, 0.4) is 0 Å². The Labute approximate surface area is 125 Å². The quantitative estimate of drug-likeness (QED) is 0.772. The standard InChI is InChI=1S/C18H33NO/c1-4-12-19-18(17-7-5-6-13-20-17)16-10-8-15(9-11-16)14(2)3/h7,14-16,18-19H,4-6,8-13H2,1-3H3. The molecular weight excluding hydrogens is 246 g/mol. The van der Waals surface area contributed by atoms with E-state index in [1.165, 1.54) is 50.7 Å². The molecule has 1 fully saturated rings. The molecule has 1 atom stereocenters. The number of hydrogen-bond donors (Lipinski definition) is 1. The highest BCUT2D eigenvalue weighted by atomic mass is 16.5. The van der Waals surface area contributed by atoms with Crippen LogP contribution in [-0.2, 0) is 4.74 Å². The smallest absolute Gasteiger partial charge is 0.109 e. The van der Waals surface area contributed by atoms with Crippen LogP contribution in [0, 0.1) is 17.8 Å². The minimum absolute atomic E-state index is 0.475. The lowest BCUT2D eigenvalue weighted by Gasteiger charge is -2.37. The summed E-state index contributed by atoms with van der Waals surface area (Å²) in [4.78, 5) is 0. The topological polar surface area (TPSA) is 21.3 Å². The van der Waals surface area contributed by atoms with Crippen molar-refractivity contribution in [1.29, 1.82) is 0 Å². The molecule has 1 aliphatic carbocycles. The zero-order chi connectivity index (χ0) is 14.4. The van der Waals surface area contributed by atoms with Gasteiger partial charge in [-0.25, -0.2) is 0 Å². The van der Waals surface area contributed by atoms with Gasteiger partial charge in [0.2, 0.25) is 0 Å². The number of rotatable bonds is 6. The minimum Gasteiger partial charge on any atom is -0.497 e. The molecule has 1 unspecified atom stereocenters. The number of hydrogen-bond acceptors (Lipinski definition) is 2. The van der Waals surface area contributed by atoms with E-state index < -0.39 is 0 Å². The van der Waals surface area contributed by atoms with E-state index in [0.717, 1.165) is 30.9 Å². The van der Waals surface area contributed by atoms with Gasteiger partial charge in [0.1, 0.15) is 5.76 Å². The van der Waals surface area contributed by atoms with Crippen molar-refractivity contribution < 1.29 is 4.74 Å². The Hall–Kier alpha value is -0.500. The Morgan fingerprint density at radius 2 is 1.90 bits per heavy atom. The Morgan fingerprint density at radius 1 is 1.20 bits per heavy atom. The molecule has 0 aromatic rings. The first-order valence-electron chi connectivity index (χ1n) is 8.78. The summed E-state index contributed by atoms with van der Waals surface area (Å²) in [6.07, 6.45) is 11.5. The summed E-state index contributed by atoms with van der Waals surface area (Å²) in [6, 6.07) is 0.475. The van der Waals surface area contributed by atoms with Crippen molar-refractivity contribution in [3.05, 3.63) is 11.8 Å². The van der Waals surface area contributed by atoms with Gasteiger partial charge in [0, 0.05) is 0 Å². The van der Waals surface area contributed by atoms with Gasteiger partial charge in [-0.2, -0.15) is 0 Å². The average Bonchev–Trinajstić information content (AvgIpc) is 2.49. The molecule has 1 saturated carbocycles. The predicted molar refractivity (Wildman–Crippen MR) is 85.6 cm³/mol. The minimum atomic E-state index is 0.475. The number of ether oxygens (including phenoxy) is 1. The van der Waals surface area contributed by atoms with E-state index in [1.807, 2.05) is 0 Å². The lowest BCUT2D eigenvalue weighted by molar-refractivity contribution is 0.125. The maximum Gasteiger partial charge on any atom is 0.109 e. The molecule has 0 bridgehead atoms. The fourth-order valence-electron chi connectivity index (χ4n) is 3.74. The van der Waals surface area contributed by atoms with Crippen molar-refractivity contribution >= 4 is 0 Å². The molecule has 1 N–H and O–H groups in total. The molecule has 1 heterocycles. The second-order valence-corrected chi connectivity index (χ2v) is 6.95. The second kappa shape index (κ2) is 8.07. The molecule has 0 aromatic heterocycles. The van der Waals surface area contributed by atoms with Crippen molar-refractivity contribution in [2.45, 2.75) is 71.8 Å². The van der Waals surface area contributed by atoms with Crippen molar-refractivity contribution in [3.8, 4) is 0 Å². The van der Waals surface area contributed by atoms with Crippen molar-refractivity contribution in [2.24, 2.45) is 17.8 Å². The molecule has 2 heteroatoms. The van der Waals surface area contributed by atoms with Gasteiger partial charge in [-0.05, 0) is 75.3 Å². The van der Waals surface area contributed by atoms with Crippen LogP contribution < -0.4 is 5.32 Å². The first kappa shape index (κ1) is 15.9. The van der Waals surface area contributed by atoms with Crippen LogP contribution in [0.2, 0.25) is 0 Å². The van der Waals surface area contributed by atoms with E-state index in [4.69, 9.17) is 4.74 Å². The first-order valence-corrected chi connectivity index (χ1v) is 8.78. The molecular formula is C18H33NO. The summed E-state index contributed by atoms with van der Waals surface area (Å²) in [5, 5.41) is 3.76. The van der Waals surface area contributed by atoms with E-state index in [2.05, 4.69) is 32.2 Å². The van der Waals surface area contributed by atoms with Crippen molar-refractivity contribution in [1.82, 2.24) is 5.32 Å². The van der Waals surface area contributed by atoms with E-state index >= 15 is 0 Å². The third-order valence-electron chi connectivity index (χ3n) is 5.11. The molecule has 2 aliphatic rings. The lowest BCUT2D eigenvalue weighted by Crippen LogP contribution is -2.41. The third kappa shape index (κ3) is 4.25. The molecule has 0 radical (unpaired) electrons. The van der Waals surface area contributed by atoms with E-state index in [0.29, 0.717) is 6.04 Å². The van der Waals surface area contributed by atoms with Crippen LogP contribution in [0.25, 0.3) is 0 Å². The fourth-order valence-corrected chi connectivity index (χ4v) is 3.74. The molecule has 0 saturated heterocycles. The Morgan fingerprint density at radius 3 is 2.45 bits per heavy atom. The normalized spacial score (nSPS) is 28.9. The van der Waals surface area contributed by atoms with Gasteiger partial charge in [-0.15, -0.1) is 0 Å². The van der Waals surface area contributed by atoms with Gasteiger partial charge in [-0.3, -0.25) is 0 Å². The zero-order valence-electron chi connectivity index (χ0n) is 13.7. The van der Waals surface area contributed by atoms with Crippen LogP contribution >= 0.6 is 0 Å². The molecule has 1 aliphatic heterocycles. The van der Waals surface area contributed by atoms with Crippen molar-refractivity contribution in [2.75, 3.05) is 13.2 Å². The van der Waals surface area contributed by atoms with Gasteiger partial charge in [-0.1, -0.05) is 20.8 Å². The molecule has 0 spiro atoms. The average molecular weight is 279 g/mol. The van der Waals surface area contributed by atoms with Gasteiger partial charge in [0.15, 0.2) is 0 Å². The summed E-state index contributed by atoms with van der Waals surface area (Å²) in [5.74, 6) is 3.82. The highest BCUT2D eigenvalue weighted by Crippen LogP contribution is 2.37. The fraction of sp³-hybridized carbons (Fsp3) is 0.889. The predicted octanol–water partition coefficient (Wildman–Crippen LogP) is 4.51. The SMILES string of the molecule is CCCNC(C1=CCCCO1)C1CCC(C(C)C)CC1. The highest BCUT2D eigenvalue weighted by Gasteiger charge is 2.31. The Balaban J connectivity index is 1.95. The lowest BCUT2D eigenvalue weighted by atomic mass is 9.74. The molecule has 2 nitrogen and oxygen atoms in total. The zero-order valence-corrected chi connectivity index (χ0v) is 13.7. The molecule has 0 amide bonds. The second-order valence-electron chi connectivity index (χ2n) is 6.95. The van der Waals surface area contributed by atoms with Gasteiger partial charge >= 0.3 is 0 Å². The summed E-state index contributed by atoms with van der Waals surface area (Å²) < 4.78 is 5.96. The van der Waals surface area contributed by atoms with Gasteiger partial charge < -0.3 is 10.1 Å².